The molecule has 0 bridgehead atoms. The van der Waals surface area contributed by atoms with E-state index in [4.69, 9.17) is 0 Å². The van der Waals surface area contributed by atoms with Crippen LogP contribution in [-0.4, -0.2) is 16.9 Å². The molecule has 0 atom stereocenters. The van der Waals surface area contributed by atoms with Gasteiger partial charge in [-0.1, -0.05) is 60.2 Å². The lowest BCUT2D eigenvalue weighted by Crippen LogP contribution is -2.31. The Morgan fingerprint density at radius 2 is 1.71 bits per heavy atom. The van der Waals surface area contributed by atoms with E-state index in [2.05, 4.69) is 41.2 Å². The third kappa shape index (κ3) is 5.19. The van der Waals surface area contributed by atoms with E-state index in [-0.39, 0.29) is 5.91 Å². The van der Waals surface area contributed by atoms with Crippen LogP contribution < -0.4 is 10.2 Å². The number of nitrogens with one attached hydrogen (secondary N) is 1. The molecule has 1 N–H and O–H groups in total. The molecule has 0 radical (unpaired) electrons. The standard InChI is InChI=1S/C24H27N3O/c1-18(2)27(17-21-7-5-4-6-8-21)22-13-14-25-23(15-22)24(28)26-16-20-11-9-19(3)10-12-20/h4-15,18H,16-17H2,1-3H3,(H,26,28). The summed E-state index contributed by atoms with van der Waals surface area (Å²) in [6.45, 7) is 7.63. The zero-order valence-corrected chi connectivity index (χ0v) is 16.7. The van der Waals surface area contributed by atoms with E-state index in [1.165, 1.54) is 11.1 Å². The summed E-state index contributed by atoms with van der Waals surface area (Å²) in [6.07, 6.45) is 1.70. The zero-order chi connectivity index (χ0) is 19.9. The van der Waals surface area contributed by atoms with Crippen molar-refractivity contribution < 1.29 is 4.79 Å². The summed E-state index contributed by atoms with van der Waals surface area (Å²) in [6, 6.07) is 22.6. The predicted octanol–water partition coefficient (Wildman–Crippen LogP) is 4.74. The second-order valence-electron chi connectivity index (χ2n) is 7.27. The van der Waals surface area contributed by atoms with Crippen molar-refractivity contribution in [2.24, 2.45) is 0 Å². The van der Waals surface area contributed by atoms with Gasteiger partial charge < -0.3 is 10.2 Å². The first-order valence-electron chi connectivity index (χ1n) is 9.63. The van der Waals surface area contributed by atoms with Crippen molar-refractivity contribution in [1.29, 1.82) is 0 Å². The van der Waals surface area contributed by atoms with Crippen molar-refractivity contribution >= 4 is 11.6 Å². The summed E-state index contributed by atoms with van der Waals surface area (Å²) in [5.74, 6) is -0.161. The van der Waals surface area contributed by atoms with Crippen LogP contribution in [0.4, 0.5) is 5.69 Å². The maximum absolute atomic E-state index is 12.6. The summed E-state index contributed by atoms with van der Waals surface area (Å²) in [4.78, 5) is 19.1. The van der Waals surface area contributed by atoms with Gasteiger partial charge in [0.15, 0.2) is 0 Å². The van der Waals surface area contributed by atoms with Gasteiger partial charge in [0, 0.05) is 31.0 Å². The van der Waals surface area contributed by atoms with Crippen molar-refractivity contribution in [1.82, 2.24) is 10.3 Å². The number of aromatic nitrogens is 1. The van der Waals surface area contributed by atoms with Crippen molar-refractivity contribution in [3.8, 4) is 0 Å². The molecule has 144 valence electrons. The van der Waals surface area contributed by atoms with Crippen molar-refractivity contribution in [2.75, 3.05) is 4.90 Å². The maximum Gasteiger partial charge on any atom is 0.270 e. The zero-order valence-electron chi connectivity index (χ0n) is 16.7. The number of hydrogen-bond donors (Lipinski definition) is 1. The molecule has 0 aliphatic heterocycles. The Morgan fingerprint density at radius 3 is 2.39 bits per heavy atom. The molecular weight excluding hydrogens is 346 g/mol. The quantitative estimate of drug-likeness (QED) is 0.651. The lowest BCUT2D eigenvalue weighted by atomic mass is 10.1. The van der Waals surface area contributed by atoms with Crippen LogP contribution in [0.2, 0.25) is 0 Å². The average Bonchev–Trinajstić information content (AvgIpc) is 2.72. The van der Waals surface area contributed by atoms with E-state index >= 15 is 0 Å². The third-order valence-electron chi connectivity index (χ3n) is 4.70. The van der Waals surface area contributed by atoms with Gasteiger partial charge in [0.2, 0.25) is 0 Å². The molecule has 0 saturated carbocycles. The van der Waals surface area contributed by atoms with Crippen molar-refractivity contribution in [2.45, 2.75) is 39.9 Å². The fourth-order valence-corrected chi connectivity index (χ4v) is 3.05. The first-order chi connectivity index (χ1) is 13.5. The largest absolute Gasteiger partial charge is 0.365 e. The Bertz CT molecular complexity index is 905. The minimum Gasteiger partial charge on any atom is -0.365 e. The lowest BCUT2D eigenvalue weighted by molar-refractivity contribution is 0.0946. The summed E-state index contributed by atoms with van der Waals surface area (Å²) in [5.41, 5.74) is 4.94. The van der Waals surface area contributed by atoms with Crippen LogP contribution >= 0.6 is 0 Å². The molecule has 0 fully saturated rings. The molecule has 1 heterocycles. The Kier molecular flexibility index (Phi) is 6.43. The highest BCUT2D eigenvalue weighted by molar-refractivity contribution is 5.93. The Balaban J connectivity index is 1.72. The van der Waals surface area contributed by atoms with Gasteiger partial charge in [0.25, 0.3) is 5.91 Å². The fraction of sp³-hybridized carbons (Fsp3) is 0.250. The average molecular weight is 374 g/mol. The van der Waals surface area contributed by atoms with E-state index in [1.54, 1.807) is 6.20 Å². The fourth-order valence-electron chi connectivity index (χ4n) is 3.05. The molecule has 0 aliphatic rings. The Morgan fingerprint density at radius 1 is 1.00 bits per heavy atom. The molecule has 3 aromatic rings. The molecule has 1 aromatic heterocycles. The monoisotopic (exact) mass is 373 g/mol. The SMILES string of the molecule is Cc1ccc(CNC(=O)c2cc(N(Cc3ccccc3)C(C)C)ccn2)cc1. The number of benzene rings is 2. The number of carbonyl (C=O) groups is 1. The maximum atomic E-state index is 12.6. The van der Waals surface area contributed by atoms with Gasteiger partial charge in [-0.2, -0.15) is 0 Å². The van der Waals surface area contributed by atoms with Crippen LogP contribution in [0.25, 0.3) is 0 Å². The summed E-state index contributed by atoms with van der Waals surface area (Å²) in [5, 5.41) is 2.96. The highest BCUT2D eigenvalue weighted by Crippen LogP contribution is 2.20. The minimum atomic E-state index is -0.161. The van der Waals surface area contributed by atoms with Crippen molar-refractivity contribution in [3.63, 3.8) is 0 Å². The minimum absolute atomic E-state index is 0.161. The second kappa shape index (κ2) is 9.18. The molecule has 0 saturated heterocycles. The summed E-state index contributed by atoms with van der Waals surface area (Å²) < 4.78 is 0. The predicted molar refractivity (Wildman–Crippen MR) is 114 cm³/mol. The number of anilines is 1. The molecule has 4 nitrogen and oxygen atoms in total. The highest BCUT2D eigenvalue weighted by Gasteiger charge is 2.14. The molecule has 2 aromatic carbocycles. The molecule has 3 rings (SSSR count). The van der Waals surface area contributed by atoms with Gasteiger partial charge in [0.1, 0.15) is 5.69 Å². The van der Waals surface area contributed by atoms with Gasteiger partial charge in [0.05, 0.1) is 0 Å². The van der Waals surface area contributed by atoms with Crippen LogP contribution in [0.1, 0.15) is 41.0 Å². The second-order valence-corrected chi connectivity index (χ2v) is 7.27. The first kappa shape index (κ1) is 19.6. The molecule has 1 amide bonds. The van der Waals surface area contributed by atoms with Crippen LogP contribution in [0.3, 0.4) is 0 Å². The molecule has 0 spiro atoms. The van der Waals surface area contributed by atoms with Crippen LogP contribution in [0, 0.1) is 6.92 Å². The van der Waals surface area contributed by atoms with E-state index in [9.17, 15) is 4.79 Å². The summed E-state index contributed by atoms with van der Waals surface area (Å²) in [7, 11) is 0. The number of nitrogens with zero attached hydrogens (tertiary/aromatic N) is 2. The highest BCUT2D eigenvalue weighted by atomic mass is 16.1. The summed E-state index contributed by atoms with van der Waals surface area (Å²) >= 11 is 0. The molecule has 0 aliphatic carbocycles. The topological polar surface area (TPSA) is 45.2 Å². The van der Waals surface area contributed by atoms with Crippen LogP contribution in [0.15, 0.2) is 72.9 Å². The molecule has 4 heteroatoms. The van der Waals surface area contributed by atoms with Gasteiger partial charge in [-0.3, -0.25) is 9.78 Å². The van der Waals surface area contributed by atoms with Gasteiger partial charge in [-0.15, -0.1) is 0 Å². The molecule has 28 heavy (non-hydrogen) atoms. The van der Waals surface area contributed by atoms with Crippen LogP contribution in [-0.2, 0) is 13.1 Å². The Labute approximate surface area is 167 Å². The molecular formula is C24H27N3O. The van der Waals surface area contributed by atoms with Gasteiger partial charge in [-0.05, 0) is 44.0 Å². The van der Waals surface area contributed by atoms with E-state index < -0.39 is 0 Å². The number of aryl methyl sites for hydroxylation is 1. The van der Waals surface area contributed by atoms with Crippen molar-refractivity contribution in [3.05, 3.63) is 95.3 Å². The number of hydrogen-bond acceptors (Lipinski definition) is 3. The number of carbonyl (C=O) groups excluding carboxylic acids is 1. The van der Waals surface area contributed by atoms with Gasteiger partial charge >= 0.3 is 0 Å². The smallest absolute Gasteiger partial charge is 0.270 e. The van der Waals surface area contributed by atoms with Crippen LogP contribution in [0.5, 0.6) is 0 Å². The number of pyridine rings is 1. The number of amides is 1. The van der Waals surface area contributed by atoms with E-state index in [0.29, 0.717) is 18.3 Å². The van der Waals surface area contributed by atoms with E-state index in [0.717, 1.165) is 17.8 Å². The Hall–Kier alpha value is -3.14. The first-order valence-corrected chi connectivity index (χ1v) is 9.63. The number of rotatable bonds is 7. The molecule has 0 unspecified atom stereocenters. The van der Waals surface area contributed by atoms with E-state index in [1.807, 2.05) is 61.5 Å². The lowest BCUT2D eigenvalue weighted by Gasteiger charge is -2.29. The third-order valence-corrected chi connectivity index (χ3v) is 4.70. The normalized spacial score (nSPS) is 10.7. The van der Waals surface area contributed by atoms with Gasteiger partial charge in [-0.25, -0.2) is 0 Å².